The van der Waals surface area contributed by atoms with Crippen LogP contribution in [0.1, 0.15) is 36.2 Å². The van der Waals surface area contributed by atoms with Crippen LogP contribution >= 0.6 is 11.6 Å². The van der Waals surface area contributed by atoms with Crippen LogP contribution in [0.4, 0.5) is 11.4 Å². The predicted molar refractivity (Wildman–Crippen MR) is 107 cm³/mol. The van der Waals surface area contributed by atoms with Gasteiger partial charge in [0.2, 0.25) is 5.91 Å². The molecular formula is C20H24ClN3O2. The van der Waals surface area contributed by atoms with Crippen molar-refractivity contribution in [2.24, 2.45) is 0 Å². The van der Waals surface area contributed by atoms with Crippen molar-refractivity contribution in [1.29, 1.82) is 0 Å². The Morgan fingerprint density at radius 1 is 1.08 bits per heavy atom. The van der Waals surface area contributed by atoms with Crippen LogP contribution in [0.15, 0.2) is 42.5 Å². The van der Waals surface area contributed by atoms with Gasteiger partial charge in [0.25, 0.3) is 5.91 Å². The number of hydrogen-bond acceptors (Lipinski definition) is 3. The molecule has 2 aromatic rings. The van der Waals surface area contributed by atoms with Gasteiger partial charge in [-0.15, -0.1) is 0 Å². The molecule has 0 unspecified atom stereocenters. The Hall–Kier alpha value is -2.53. The third-order valence-corrected chi connectivity index (χ3v) is 4.06. The molecular weight excluding hydrogens is 350 g/mol. The summed E-state index contributed by atoms with van der Waals surface area (Å²) in [7, 11) is 0. The van der Waals surface area contributed by atoms with Crippen molar-refractivity contribution in [3.8, 4) is 0 Å². The normalized spacial score (nSPS) is 10.3. The predicted octanol–water partition coefficient (Wildman–Crippen LogP) is 4.09. The molecule has 0 aromatic heterocycles. The lowest BCUT2D eigenvalue weighted by atomic mass is 10.1. The second-order valence-electron chi connectivity index (χ2n) is 5.90. The fourth-order valence-electron chi connectivity index (χ4n) is 2.44. The van der Waals surface area contributed by atoms with Gasteiger partial charge in [0.15, 0.2) is 0 Å². The molecule has 0 saturated heterocycles. The fraction of sp³-hybridized carbons (Fsp3) is 0.300. The van der Waals surface area contributed by atoms with E-state index in [-0.39, 0.29) is 18.4 Å². The molecule has 0 radical (unpaired) electrons. The van der Waals surface area contributed by atoms with Crippen molar-refractivity contribution in [3.05, 3.63) is 58.6 Å². The fourth-order valence-corrected chi connectivity index (χ4v) is 2.62. The molecule has 2 aromatic carbocycles. The third-order valence-electron chi connectivity index (χ3n) is 3.82. The third kappa shape index (κ3) is 5.77. The minimum Gasteiger partial charge on any atom is -0.375 e. The zero-order chi connectivity index (χ0) is 18.9. The number of aryl methyl sites for hydroxylation is 1. The number of rotatable bonds is 8. The molecule has 2 amide bonds. The van der Waals surface area contributed by atoms with Gasteiger partial charge >= 0.3 is 0 Å². The van der Waals surface area contributed by atoms with Crippen LogP contribution in [0.3, 0.4) is 0 Å². The highest BCUT2D eigenvalue weighted by Gasteiger charge is 2.12. The molecule has 0 aliphatic carbocycles. The summed E-state index contributed by atoms with van der Waals surface area (Å²) in [4.78, 5) is 24.5. The standard InChI is InChI=1S/C20H24ClN3O2/c1-3-10-22-20(26)17-9-8-15(21)12-18(17)23-13-19(25)24-16-7-5-6-14(4-2)11-16/h5-9,11-12,23H,3-4,10,13H2,1-2H3,(H,22,26)(H,24,25). The van der Waals surface area contributed by atoms with E-state index in [1.54, 1.807) is 18.2 Å². The lowest BCUT2D eigenvalue weighted by Gasteiger charge is -2.13. The van der Waals surface area contributed by atoms with Crippen LogP contribution in [-0.2, 0) is 11.2 Å². The maximum Gasteiger partial charge on any atom is 0.253 e. The van der Waals surface area contributed by atoms with E-state index in [2.05, 4.69) is 22.9 Å². The molecule has 26 heavy (non-hydrogen) atoms. The van der Waals surface area contributed by atoms with Gasteiger partial charge in [0.1, 0.15) is 0 Å². The van der Waals surface area contributed by atoms with Crippen molar-refractivity contribution in [3.63, 3.8) is 0 Å². The second-order valence-corrected chi connectivity index (χ2v) is 6.34. The molecule has 0 spiro atoms. The number of amides is 2. The van der Waals surface area contributed by atoms with Crippen LogP contribution in [0, 0.1) is 0 Å². The van der Waals surface area contributed by atoms with E-state index in [1.165, 1.54) is 0 Å². The van der Waals surface area contributed by atoms with Crippen molar-refractivity contribution < 1.29 is 9.59 Å². The van der Waals surface area contributed by atoms with E-state index in [0.717, 1.165) is 24.1 Å². The maximum absolute atomic E-state index is 12.2. The van der Waals surface area contributed by atoms with E-state index in [1.807, 2.05) is 31.2 Å². The summed E-state index contributed by atoms with van der Waals surface area (Å²) in [6, 6.07) is 12.7. The van der Waals surface area contributed by atoms with Crippen LogP contribution in [0.25, 0.3) is 0 Å². The van der Waals surface area contributed by atoms with Gasteiger partial charge in [-0.25, -0.2) is 0 Å². The maximum atomic E-state index is 12.2. The van der Waals surface area contributed by atoms with Crippen LogP contribution < -0.4 is 16.0 Å². The van der Waals surface area contributed by atoms with Crippen molar-refractivity contribution in [1.82, 2.24) is 5.32 Å². The van der Waals surface area contributed by atoms with Crippen LogP contribution in [0.2, 0.25) is 5.02 Å². The minimum absolute atomic E-state index is 0.0325. The molecule has 0 aliphatic rings. The molecule has 0 fully saturated rings. The van der Waals surface area contributed by atoms with Gasteiger partial charge in [-0.1, -0.05) is 37.6 Å². The number of hydrogen-bond donors (Lipinski definition) is 3. The average molecular weight is 374 g/mol. The topological polar surface area (TPSA) is 70.2 Å². The smallest absolute Gasteiger partial charge is 0.253 e. The van der Waals surface area contributed by atoms with Gasteiger partial charge < -0.3 is 16.0 Å². The van der Waals surface area contributed by atoms with E-state index in [9.17, 15) is 9.59 Å². The Labute approximate surface area is 159 Å². The van der Waals surface area contributed by atoms with Gasteiger partial charge in [0, 0.05) is 22.9 Å². The highest BCUT2D eigenvalue weighted by Crippen LogP contribution is 2.21. The van der Waals surface area contributed by atoms with Crippen LogP contribution in [0.5, 0.6) is 0 Å². The Bertz CT molecular complexity index is 777. The minimum atomic E-state index is -0.196. The number of carbonyl (C=O) groups is 2. The average Bonchev–Trinajstić information content (AvgIpc) is 2.64. The zero-order valence-corrected chi connectivity index (χ0v) is 15.8. The first-order chi connectivity index (χ1) is 12.5. The summed E-state index contributed by atoms with van der Waals surface area (Å²) in [5.74, 6) is -0.389. The number of carbonyl (C=O) groups excluding carboxylic acids is 2. The largest absolute Gasteiger partial charge is 0.375 e. The monoisotopic (exact) mass is 373 g/mol. The quantitative estimate of drug-likeness (QED) is 0.652. The SMILES string of the molecule is CCCNC(=O)c1ccc(Cl)cc1NCC(=O)Nc1cccc(CC)c1. The Morgan fingerprint density at radius 2 is 1.88 bits per heavy atom. The van der Waals surface area contributed by atoms with Crippen molar-refractivity contribution in [2.75, 3.05) is 23.7 Å². The van der Waals surface area contributed by atoms with Gasteiger partial charge in [-0.2, -0.15) is 0 Å². The second kappa shape index (κ2) is 9.82. The Morgan fingerprint density at radius 3 is 2.62 bits per heavy atom. The molecule has 0 atom stereocenters. The summed E-state index contributed by atoms with van der Waals surface area (Å²) in [5.41, 5.74) is 2.90. The van der Waals surface area contributed by atoms with E-state index >= 15 is 0 Å². The summed E-state index contributed by atoms with van der Waals surface area (Å²) >= 11 is 6.03. The first-order valence-electron chi connectivity index (χ1n) is 8.74. The van der Waals surface area contributed by atoms with Gasteiger partial charge in [0.05, 0.1) is 12.1 Å². The van der Waals surface area contributed by atoms with E-state index < -0.39 is 0 Å². The Kier molecular flexibility index (Phi) is 7.48. The Balaban J connectivity index is 2.02. The number of nitrogens with one attached hydrogen (secondary N) is 3. The summed E-state index contributed by atoms with van der Waals surface area (Å²) in [5, 5.41) is 9.17. The highest BCUT2D eigenvalue weighted by molar-refractivity contribution is 6.31. The molecule has 0 bridgehead atoms. The van der Waals surface area contributed by atoms with E-state index in [0.29, 0.717) is 22.8 Å². The lowest BCUT2D eigenvalue weighted by Crippen LogP contribution is -2.27. The molecule has 5 nitrogen and oxygen atoms in total. The zero-order valence-electron chi connectivity index (χ0n) is 15.1. The molecule has 0 aliphatic heterocycles. The van der Waals surface area contributed by atoms with Gasteiger partial charge in [-0.05, 0) is 48.7 Å². The highest BCUT2D eigenvalue weighted by atomic mass is 35.5. The van der Waals surface area contributed by atoms with E-state index in [4.69, 9.17) is 11.6 Å². The van der Waals surface area contributed by atoms with Crippen LogP contribution in [-0.4, -0.2) is 24.9 Å². The molecule has 2 rings (SSSR count). The van der Waals surface area contributed by atoms with Crippen molar-refractivity contribution >= 4 is 34.8 Å². The molecule has 6 heteroatoms. The first-order valence-corrected chi connectivity index (χ1v) is 9.11. The number of benzene rings is 2. The summed E-state index contributed by atoms with van der Waals surface area (Å²) in [6.45, 7) is 4.67. The number of halogens is 1. The summed E-state index contributed by atoms with van der Waals surface area (Å²) in [6.07, 6.45) is 1.75. The molecule has 0 heterocycles. The van der Waals surface area contributed by atoms with Crippen molar-refractivity contribution in [2.45, 2.75) is 26.7 Å². The van der Waals surface area contributed by atoms with Gasteiger partial charge in [-0.3, -0.25) is 9.59 Å². The number of anilines is 2. The molecule has 0 saturated carbocycles. The lowest BCUT2D eigenvalue weighted by molar-refractivity contribution is -0.114. The molecule has 3 N–H and O–H groups in total. The first kappa shape index (κ1) is 19.8. The molecule has 138 valence electrons. The summed E-state index contributed by atoms with van der Waals surface area (Å²) < 4.78 is 0.